The molecule has 1 N–H and O–H groups in total. The van der Waals surface area contributed by atoms with Gasteiger partial charge in [-0.2, -0.15) is 0 Å². The second kappa shape index (κ2) is 5.04. The zero-order valence-electron chi connectivity index (χ0n) is 9.43. The Morgan fingerprint density at radius 2 is 2.35 bits per heavy atom. The van der Waals surface area contributed by atoms with Gasteiger partial charge in [-0.3, -0.25) is 0 Å². The van der Waals surface area contributed by atoms with Crippen molar-refractivity contribution >= 4 is 22.0 Å². The number of fused-ring (bicyclic) bond motifs is 1. The highest BCUT2D eigenvalue weighted by Gasteiger charge is 2.25. The third-order valence-corrected chi connectivity index (χ3v) is 3.78. The minimum Gasteiger partial charge on any atom is -0.441 e. The van der Waals surface area contributed by atoms with Crippen LogP contribution in [0.4, 0.5) is 9.18 Å². The maximum atomic E-state index is 13.4. The lowest BCUT2D eigenvalue weighted by molar-refractivity contribution is 0.0890. The molecule has 2 rings (SSSR count). The first-order valence-corrected chi connectivity index (χ1v) is 6.28. The smallest absolute Gasteiger partial charge is 0.407 e. The minimum atomic E-state index is -0.455. The van der Waals surface area contributed by atoms with Crippen molar-refractivity contribution in [3.63, 3.8) is 0 Å². The van der Waals surface area contributed by atoms with Crippen molar-refractivity contribution in [2.24, 2.45) is 0 Å². The molecule has 17 heavy (non-hydrogen) atoms. The topological polar surface area (TPSA) is 38.3 Å². The van der Waals surface area contributed by atoms with Crippen molar-refractivity contribution in [2.45, 2.75) is 25.4 Å². The number of carbonyl (C=O) groups is 1. The molecule has 0 saturated heterocycles. The van der Waals surface area contributed by atoms with E-state index in [2.05, 4.69) is 21.2 Å². The Balaban J connectivity index is 2.32. The van der Waals surface area contributed by atoms with E-state index in [9.17, 15) is 9.18 Å². The number of amides is 1. The third kappa shape index (κ3) is 2.44. The number of ether oxygens (including phenoxy) is 1. The number of carbonyl (C=O) groups excluding carboxylic acids is 1. The second-order valence-corrected chi connectivity index (χ2v) is 4.76. The zero-order chi connectivity index (χ0) is 12.4. The van der Waals surface area contributed by atoms with Gasteiger partial charge < -0.3 is 10.1 Å². The highest BCUT2D eigenvalue weighted by molar-refractivity contribution is 9.10. The van der Waals surface area contributed by atoms with E-state index in [1.54, 1.807) is 6.07 Å². The van der Waals surface area contributed by atoms with Crippen molar-refractivity contribution in [1.29, 1.82) is 0 Å². The molecule has 1 aliphatic carbocycles. The van der Waals surface area contributed by atoms with E-state index in [1.807, 2.05) is 0 Å². The fraction of sp³-hybridized carbons (Fsp3) is 0.417. The van der Waals surface area contributed by atoms with Crippen LogP contribution in [0.25, 0.3) is 0 Å². The summed E-state index contributed by atoms with van der Waals surface area (Å²) < 4.78 is 19.2. The molecule has 0 saturated carbocycles. The van der Waals surface area contributed by atoms with Gasteiger partial charge in [-0.15, -0.1) is 0 Å². The van der Waals surface area contributed by atoms with Crippen molar-refractivity contribution < 1.29 is 13.9 Å². The van der Waals surface area contributed by atoms with Gasteiger partial charge in [0.25, 0.3) is 0 Å². The number of hydrogen-bond donors (Lipinski definition) is 1. The summed E-state index contributed by atoms with van der Waals surface area (Å²) in [5.74, 6) is -0.274. The van der Waals surface area contributed by atoms with Crippen LogP contribution in [0.5, 0.6) is 0 Å². The van der Waals surface area contributed by atoms with Gasteiger partial charge in [-0.25, -0.2) is 9.18 Å². The Hall–Kier alpha value is -1.10. The fourth-order valence-electron chi connectivity index (χ4n) is 2.09. The van der Waals surface area contributed by atoms with E-state index in [0.29, 0.717) is 4.47 Å². The first-order chi connectivity index (χ1) is 8.13. The molecule has 92 valence electrons. The standard InChI is InChI=1S/C12H13BrFNO2/c1-15-12(16)17-10-4-2-3-8-7(10)5-6-9(14)11(8)13/h5-6,10H,2-4H2,1H3,(H,15,16). The Bertz CT molecular complexity index is 450. The van der Waals surface area contributed by atoms with Gasteiger partial charge in [0.1, 0.15) is 11.9 Å². The zero-order valence-corrected chi connectivity index (χ0v) is 11.0. The minimum absolute atomic E-state index is 0.274. The Morgan fingerprint density at radius 3 is 3.06 bits per heavy atom. The highest BCUT2D eigenvalue weighted by atomic mass is 79.9. The summed E-state index contributed by atoms with van der Waals surface area (Å²) >= 11 is 3.25. The van der Waals surface area contributed by atoms with Gasteiger partial charge in [0, 0.05) is 7.05 Å². The average molecular weight is 302 g/mol. The monoisotopic (exact) mass is 301 g/mol. The normalized spacial score (nSPS) is 18.4. The number of nitrogens with one attached hydrogen (secondary N) is 1. The van der Waals surface area contributed by atoms with Crippen LogP contribution in [-0.4, -0.2) is 13.1 Å². The van der Waals surface area contributed by atoms with Crippen LogP contribution >= 0.6 is 15.9 Å². The molecule has 1 aliphatic rings. The lowest BCUT2D eigenvalue weighted by atomic mass is 9.89. The number of halogens is 2. The maximum absolute atomic E-state index is 13.4. The van der Waals surface area contributed by atoms with Crippen LogP contribution in [0, 0.1) is 5.82 Å². The van der Waals surface area contributed by atoms with Crippen LogP contribution in [0.3, 0.4) is 0 Å². The Labute approximate surface area is 107 Å². The second-order valence-electron chi connectivity index (χ2n) is 3.97. The molecule has 1 amide bonds. The Morgan fingerprint density at radius 1 is 1.59 bits per heavy atom. The molecule has 0 spiro atoms. The SMILES string of the molecule is CNC(=O)OC1CCCc2c1ccc(F)c2Br. The number of hydrogen-bond acceptors (Lipinski definition) is 2. The summed E-state index contributed by atoms with van der Waals surface area (Å²) in [5, 5.41) is 2.42. The Kier molecular flexibility index (Phi) is 3.66. The van der Waals surface area contributed by atoms with Crippen molar-refractivity contribution in [1.82, 2.24) is 5.32 Å². The van der Waals surface area contributed by atoms with Gasteiger partial charge in [0.15, 0.2) is 0 Å². The summed E-state index contributed by atoms with van der Waals surface area (Å²) in [6, 6.07) is 3.09. The number of rotatable bonds is 1. The summed E-state index contributed by atoms with van der Waals surface area (Å²) in [7, 11) is 1.52. The molecule has 1 atom stereocenters. The van der Waals surface area contributed by atoms with Gasteiger partial charge in [0.2, 0.25) is 0 Å². The van der Waals surface area contributed by atoms with E-state index >= 15 is 0 Å². The predicted octanol–water partition coefficient (Wildman–Crippen LogP) is 3.32. The molecule has 1 aromatic rings. The maximum Gasteiger partial charge on any atom is 0.407 e. The molecule has 1 aromatic carbocycles. The van der Waals surface area contributed by atoms with Crippen LogP contribution in [0.15, 0.2) is 16.6 Å². The predicted molar refractivity (Wildman–Crippen MR) is 65.3 cm³/mol. The molecular weight excluding hydrogens is 289 g/mol. The highest BCUT2D eigenvalue weighted by Crippen LogP contribution is 2.37. The first kappa shape index (κ1) is 12.4. The van der Waals surface area contributed by atoms with E-state index in [0.717, 1.165) is 30.4 Å². The van der Waals surface area contributed by atoms with Crippen LogP contribution in [0.1, 0.15) is 30.1 Å². The van der Waals surface area contributed by atoms with E-state index in [4.69, 9.17) is 4.74 Å². The molecule has 3 nitrogen and oxygen atoms in total. The first-order valence-electron chi connectivity index (χ1n) is 5.48. The summed E-state index contributed by atoms with van der Waals surface area (Å²) in [6.07, 6.45) is 1.73. The van der Waals surface area contributed by atoms with Gasteiger partial charge in [-0.1, -0.05) is 6.07 Å². The summed E-state index contributed by atoms with van der Waals surface area (Å²) in [6.45, 7) is 0. The third-order valence-electron chi connectivity index (χ3n) is 2.93. The molecule has 1 unspecified atom stereocenters. The van der Waals surface area contributed by atoms with Gasteiger partial charge >= 0.3 is 6.09 Å². The van der Waals surface area contributed by atoms with Gasteiger partial charge in [0.05, 0.1) is 4.47 Å². The average Bonchev–Trinajstić information content (AvgIpc) is 2.34. The summed E-state index contributed by atoms with van der Waals surface area (Å²) in [4.78, 5) is 11.2. The molecule has 0 aliphatic heterocycles. The molecule has 0 bridgehead atoms. The van der Waals surface area contributed by atoms with Crippen molar-refractivity contribution in [3.8, 4) is 0 Å². The van der Waals surface area contributed by atoms with Crippen molar-refractivity contribution in [2.75, 3.05) is 7.05 Å². The molecule has 0 fully saturated rings. The van der Waals surface area contributed by atoms with Crippen LogP contribution in [-0.2, 0) is 11.2 Å². The molecular formula is C12H13BrFNO2. The van der Waals surface area contributed by atoms with Crippen LogP contribution < -0.4 is 5.32 Å². The largest absolute Gasteiger partial charge is 0.441 e. The van der Waals surface area contributed by atoms with Crippen LogP contribution in [0.2, 0.25) is 0 Å². The van der Waals surface area contributed by atoms with Crippen molar-refractivity contribution in [3.05, 3.63) is 33.5 Å². The number of benzene rings is 1. The van der Waals surface area contributed by atoms with E-state index < -0.39 is 6.09 Å². The molecule has 0 radical (unpaired) electrons. The fourth-order valence-corrected chi connectivity index (χ4v) is 2.65. The quantitative estimate of drug-likeness (QED) is 0.864. The molecule has 0 heterocycles. The van der Waals surface area contributed by atoms with E-state index in [1.165, 1.54) is 13.1 Å². The lowest BCUT2D eigenvalue weighted by Crippen LogP contribution is -2.24. The summed E-state index contributed by atoms with van der Waals surface area (Å²) in [5.41, 5.74) is 1.80. The number of alkyl carbamates (subject to hydrolysis) is 1. The van der Waals surface area contributed by atoms with Gasteiger partial charge in [-0.05, 0) is 52.4 Å². The molecule has 0 aromatic heterocycles. The molecule has 5 heteroatoms. The van der Waals surface area contributed by atoms with E-state index in [-0.39, 0.29) is 11.9 Å². The lowest BCUT2D eigenvalue weighted by Gasteiger charge is -2.26.